The molecule has 15 nitrogen and oxygen atoms in total. The number of amides is 4. The summed E-state index contributed by atoms with van der Waals surface area (Å²) in [5, 5.41) is 28.2. The van der Waals surface area contributed by atoms with Gasteiger partial charge in [-0.25, -0.2) is 0 Å². The molecular formula is C26H30N6O9. The van der Waals surface area contributed by atoms with E-state index < -0.39 is 58.7 Å². The number of non-ortho nitro benzene ring substituents is 1. The molecule has 218 valence electrons. The summed E-state index contributed by atoms with van der Waals surface area (Å²) in [5.74, 6) is -4.49. The summed E-state index contributed by atoms with van der Waals surface area (Å²) in [6.07, 6.45) is 0.328. The first-order chi connectivity index (χ1) is 19.5. The molecule has 8 N–H and O–H groups in total. The zero-order valence-electron chi connectivity index (χ0n) is 21.9. The molecule has 41 heavy (non-hydrogen) atoms. The smallest absolute Gasteiger partial charge is 0.303 e. The number of nitrogens with zero attached hydrogens (tertiary/aromatic N) is 1. The van der Waals surface area contributed by atoms with Crippen molar-refractivity contribution < 1.29 is 38.7 Å². The monoisotopic (exact) mass is 570 g/mol. The number of fused-ring (bicyclic) bond motifs is 2. The van der Waals surface area contributed by atoms with E-state index in [1.54, 1.807) is 0 Å². The lowest BCUT2D eigenvalue weighted by atomic mass is 10.0. The van der Waals surface area contributed by atoms with Crippen LogP contribution < -0.4 is 32.2 Å². The van der Waals surface area contributed by atoms with Crippen LogP contribution in [-0.4, -0.2) is 58.3 Å². The highest BCUT2D eigenvalue weighted by atomic mass is 16.6. The van der Waals surface area contributed by atoms with Crippen molar-refractivity contribution in [1.82, 2.24) is 10.6 Å². The molecule has 1 aliphatic heterocycles. The molecule has 0 fully saturated rings. The average Bonchev–Trinajstić information content (AvgIpc) is 2.92. The van der Waals surface area contributed by atoms with Gasteiger partial charge in [0.15, 0.2) is 0 Å². The van der Waals surface area contributed by atoms with Gasteiger partial charge in [-0.3, -0.25) is 34.1 Å². The summed E-state index contributed by atoms with van der Waals surface area (Å²) in [6.45, 7) is 0.104. The van der Waals surface area contributed by atoms with Crippen molar-refractivity contribution in [2.75, 3.05) is 11.9 Å². The van der Waals surface area contributed by atoms with E-state index in [4.69, 9.17) is 16.2 Å². The molecule has 0 aliphatic carbocycles. The number of hydrogen-bond donors (Lipinski definition) is 6. The summed E-state index contributed by atoms with van der Waals surface area (Å²) in [7, 11) is 0. The fraction of sp³-hybridized carbons (Fsp3) is 0.346. The maximum atomic E-state index is 13.3. The molecule has 4 amide bonds. The van der Waals surface area contributed by atoms with Gasteiger partial charge < -0.3 is 37.3 Å². The quantitative estimate of drug-likeness (QED) is 0.141. The summed E-state index contributed by atoms with van der Waals surface area (Å²) >= 11 is 0. The third-order valence-corrected chi connectivity index (χ3v) is 6.30. The standard InChI is InChI=1S/C26H30N6O9/c27-10-2-1-3-18-25(37)31-20-11-14(23(28)35)4-5-15(20)13-41-21-8-6-16(32(39)40)12-17(21)24(36)29-19(26(38)30-18)7-9-22(33)34/h4-6,8,11-12,18-19H,1-3,7,9-10,13,27H2,(H2,28,35)(H,29,36)(H,30,38)(H,31,37)(H,33,34)/t18-,19-/m0/s1. The number of ether oxygens (including phenoxy) is 1. The second kappa shape index (κ2) is 13.8. The van der Waals surface area contributed by atoms with Crippen molar-refractivity contribution in [2.24, 2.45) is 11.5 Å². The molecule has 0 unspecified atom stereocenters. The van der Waals surface area contributed by atoms with E-state index in [1.807, 2.05) is 0 Å². The number of carbonyl (C=O) groups excluding carboxylic acids is 4. The zero-order valence-corrected chi connectivity index (χ0v) is 21.9. The van der Waals surface area contributed by atoms with Crippen LogP contribution in [0.4, 0.5) is 11.4 Å². The third-order valence-electron chi connectivity index (χ3n) is 6.30. The van der Waals surface area contributed by atoms with Crippen molar-refractivity contribution in [3.8, 4) is 5.75 Å². The number of unbranched alkanes of at least 4 members (excludes halogenated alkanes) is 1. The average molecular weight is 571 g/mol. The number of carboxylic acid groups (broad SMARTS) is 1. The van der Waals surface area contributed by atoms with Crippen LogP contribution in [0, 0.1) is 10.1 Å². The Morgan fingerprint density at radius 2 is 1.76 bits per heavy atom. The first-order valence-corrected chi connectivity index (χ1v) is 12.7. The molecule has 0 bridgehead atoms. The number of anilines is 1. The van der Waals surface area contributed by atoms with Crippen molar-refractivity contribution in [2.45, 2.75) is 50.8 Å². The summed E-state index contributed by atoms with van der Waals surface area (Å²) in [4.78, 5) is 73.6. The number of aliphatic carboxylic acids is 1. The lowest BCUT2D eigenvalue weighted by Crippen LogP contribution is -2.53. The van der Waals surface area contributed by atoms with Gasteiger partial charge >= 0.3 is 5.97 Å². The van der Waals surface area contributed by atoms with Crippen LogP contribution in [0.2, 0.25) is 0 Å². The number of nitrogens with one attached hydrogen (secondary N) is 3. The fourth-order valence-corrected chi connectivity index (χ4v) is 4.09. The minimum atomic E-state index is -1.41. The predicted octanol–water partition coefficient (Wildman–Crippen LogP) is 0.802. The Balaban J connectivity index is 2.11. The van der Waals surface area contributed by atoms with E-state index in [9.17, 15) is 39.2 Å². The minimum absolute atomic E-state index is 0.0815. The number of nitrogens with two attached hydrogens (primary N) is 2. The number of hydrogen-bond acceptors (Lipinski definition) is 9. The van der Waals surface area contributed by atoms with Gasteiger partial charge in [0.2, 0.25) is 17.7 Å². The minimum Gasteiger partial charge on any atom is -0.488 e. The largest absolute Gasteiger partial charge is 0.488 e. The van der Waals surface area contributed by atoms with E-state index in [0.717, 1.165) is 12.1 Å². The van der Waals surface area contributed by atoms with Gasteiger partial charge in [-0.05, 0) is 50.4 Å². The highest BCUT2D eigenvalue weighted by Gasteiger charge is 2.30. The summed E-state index contributed by atoms with van der Waals surface area (Å²) in [5.41, 5.74) is 10.9. The lowest BCUT2D eigenvalue weighted by molar-refractivity contribution is -0.384. The number of nitro groups is 1. The molecule has 1 heterocycles. The van der Waals surface area contributed by atoms with Gasteiger partial charge in [-0.2, -0.15) is 0 Å². The number of rotatable bonds is 9. The van der Waals surface area contributed by atoms with E-state index in [1.165, 1.54) is 24.3 Å². The van der Waals surface area contributed by atoms with Gasteiger partial charge in [-0.15, -0.1) is 0 Å². The normalized spacial score (nSPS) is 17.4. The van der Waals surface area contributed by atoms with Crippen molar-refractivity contribution in [3.63, 3.8) is 0 Å². The van der Waals surface area contributed by atoms with Gasteiger partial charge in [0.1, 0.15) is 24.4 Å². The molecule has 3 rings (SSSR count). The fourth-order valence-electron chi connectivity index (χ4n) is 4.09. The second-order valence-corrected chi connectivity index (χ2v) is 9.26. The van der Waals surface area contributed by atoms with Gasteiger partial charge in [0, 0.05) is 35.4 Å². The zero-order chi connectivity index (χ0) is 30.1. The van der Waals surface area contributed by atoms with Crippen LogP contribution in [0.5, 0.6) is 5.75 Å². The van der Waals surface area contributed by atoms with Crippen molar-refractivity contribution in [3.05, 3.63) is 63.2 Å². The maximum absolute atomic E-state index is 13.3. The van der Waals surface area contributed by atoms with Crippen molar-refractivity contribution in [1.29, 1.82) is 0 Å². The number of nitro benzene ring substituents is 1. The predicted molar refractivity (Wildman–Crippen MR) is 144 cm³/mol. The molecule has 2 atom stereocenters. The van der Waals surface area contributed by atoms with Crippen LogP contribution >= 0.6 is 0 Å². The van der Waals surface area contributed by atoms with Crippen LogP contribution in [-0.2, 0) is 21.0 Å². The molecule has 15 heteroatoms. The number of carboxylic acids is 1. The second-order valence-electron chi connectivity index (χ2n) is 9.26. The first-order valence-electron chi connectivity index (χ1n) is 12.7. The van der Waals surface area contributed by atoms with Gasteiger partial charge in [0.25, 0.3) is 11.6 Å². The molecule has 0 spiro atoms. The topological polar surface area (TPSA) is 246 Å². The SMILES string of the molecule is NCCCC[C@@H]1NC(=O)[C@H](CCC(=O)O)NC(=O)c2cc([N+](=O)[O-])ccc2OCc2ccc(C(N)=O)cc2NC1=O. The first kappa shape index (κ1) is 30.5. The Bertz CT molecular complexity index is 1360. The summed E-state index contributed by atoms with van der Waals surface area (Å²) in [6, 6.07) is 4.99. The highest BCUT2D eigenvalue weighted by molar-refractivity contribution is 6.03. The Kier molecular flexibility index (Phi) is 10.3. The maximum Gasteiger partial charge on any atom is 0.303 e. The van der Waals surface area contributed by atoms with Crippen LogP contribution in [0.25, 0.3) is 0 Å². The molecule has 0 radical (unpaired) electrons. The number of primary amides is 1. The highest BCUT2D eigenvalue weighted by Crippen LogP contribution is 2.27. The van der Waals surface area contributed by atoms with E-state index in [0.29, 0.717) is 24.9 Å². The molecule has 0 saturated heterocycles. The van der Waals surface area contributed by atoms with E-state index >= 15 is 0 Å². The summed E-state index contributed by atoms with van der Waals surface area (Å²) < 4.78 is 5.81. The van der Waals surface area contributed by atoms with Crippen LogP contribution in [0.3, 0.4) is 0 Å². The van der Waals surface area contributed by atoms with Crippen molar-refractivity contribution >= 4 is 41.0 Å². The molecule has 0 saturated carbocycles. The third kappa shape index (κ3) is 8.22. The van der Waals surface area contributed by atoms with E-state index in [2.05, 4.69) is 16.0 Å². The number of carbonyl (C=O) groups is 5. The molecule has 0 aromatic heterocycles. The lowest BCUT2D eigenvalue weighted by Gasteiger charge is -2.24. The molecule has 1 aliphatic rings. The van der Waals surface area contributed by atoms with Gasteiger partial charge in [0.05, 0.1) is 10.5 Å². The molecule has 2 aromatic rings. The van der Waals surface area contributed by atoms with Gasteiger partial charge in [-0.1, -0.05) is 6.07 Å². The Hall–Kier alpha value is -5.05. The Labute approximate surface area is 233 Å². The van der Waals surface area contributed by atoms with E-state index in [-0.39, 0.29) is 42.0 Å². The van der Waals surface area contributed by atoms with Crippen LogP contribution in [0.1, 0.15) is 58.4 Å². The molecule has 2 aromatic carbocycles. The van der Waals surface area contributed by atoms with Crippen LogP contribution in [0.15, 0.2) is 36.4 Å². The molecular weight excluding hydrogens is 540 g/mol. The Morgan fingerprint density at radius 1 is 1.02 bits per heavy atom. The Morgan fingerprint density at radius 3 is 2.41 bits per heavy atom. The number of benzene rings is 2.